The molecule has 2 aromatic rings. The van der Waals surface area contributed by atoms with Crippen molar-refractivity contribution >= 4 is 23.8 Å². The zero-order valence-corrected chi connectivity index (χ0v) is 19.9. The molecule has 8 nitrogen and oxygen atoms in total. The normalized spacial score (nSPS) is 12.8. The first-order valence-corrected chi connectivity index (χ1v) is 12.0. The Morgan fingerprint density at radius 2 is 1.54 bits per heavy atom. The number of carboxylic acids is 1. The maximum Gasteiger partial charge on any atom is 0.407 e. The molecule has 3 rings (SSSR count). The van der Waals surface area contributed by atoms with Crippen molar-refractivity contribution in [3.05, 3.63) is 59.7 Å². The van der Waals surface area contributed by atoms with E-state index < -0.39 is 18.1 Å². The van der Waals surface area contributed by atoms with Gasteiger partial charge in [0.1, 0.15) is 18.4 Å². The van der Waals surface area contributed by atoms with E-state index in [2.05, 4.69) is 10.6 Å². The number of carboxylic acid groups (broad SMARTS) is 1. The molecule has 0 spiro atoms. The molecule has 8 heteroatoms. The Labute approximate surface area is 205 Å². The summed E-state index contributed by atoms with van der Waals surface area (Å²) in [5.74, 6) is -1.30. The number of carbonyl (C=O) groups is 4. The van der Waals surface area contributed by atoms with Crippen LogP contribution in [0.4, 0.5) is 4.79 Å². The smallest absolute Gasteiger partial charge is 0.407 e. The van der Waals surface area contributed by atoms with Crippen LogP contribution in [0.3, 0.4) is 0 Å². The number of fused-ring (bicyclic) bond motifs is 3. The number of benzene rings is 2. The molecule has 3 N–H and O–H groups in total. The molecule has 0 saturated carbocycles. The average molecular weight is 481 g/mol. The zero-order chi connectivity index (χ0) is 25.2. The van der Waals surface area contributed by atoms with E-state index in [4.69, 9.17) is 4.74 Å². The summed E-state index contributed by atoms with van der Waals surface area (Å²) in [6.07, 6.45) is 1.74. The maximum absolute atomic E-state index is 12.4. The summed E-state index contributed by atoms with van der Waals surface area (Å²) in [4.78, 5) is 46.6. The largest absolute Gasteiger partial charge is 0.480 e. The third kappa shape index (κ3) is 7.40. The van der Waals surface area contributed by atoms with Gasteiger partial charge >= 0.3 is 12.1 Å². The number of nitrogens with one attached hydrogen (secondary N) is 2. The minimum Gasteiger partial charge on any atom is -0.480 e. The second-order valence-corrected chi connectivity index (χ2v) is 8.76. The van der Waals surface area contributed by atoms with E-state index in [1.807, 2.05) is 48.5 Å². The fraction of sp³-hybridized carbons (Fsp3) is 0.407. The summed E-state index contributed by atoms with van der Waals surface area (Å²) >= 11 is 0. The Balaban J connectivity index is 1.42. The van der Waals surface area contributed by atoms with E-state index in [9.17, 15) is 24.3 Å². The number of hydrogen-bond donors (Lipinski definition) is 3. The van der Waals surface area contributed by atoms with Gasteiger partial charge in [0.15, 0.2) is 0 Å². The van der Waals surface area contributed by atoms with Crippen LogP contribution in [0.15, 0.2) is 48.5 Å². The molecule has 1 aliphatic rings. The average Bonchev–Trinajstić information content (AvgIpc) is 3.15. The van der Waals surface area contributed by atoms with Gasteiger partial charge in [0.05, 0.1) is 0 Å². The van der Waals surface area contributed by atoms with Gasteiger partial charge in [0.2, 0.25) is 5.91 Å². The molecule has 35 heavy (non-hydrogen) atoms. The van der Waals surface area contributed by atoms with Crippen LogP contribution in [0.25, 0.3) is 11.1 Å². The first-order valence-electron chi connectivity index (χ1n) is 12.0. The van der Waals surface area contributed by atoms with Gasteiger partial charge in [-0.25, -0.2) is 9.59 Å². The number of hydrogen-bond acceptors (Lipinski definition) is 5. The number of alkyl carbamates (subject to hydrolysis) is 1. The molecule has 0 radical (unpaired) electrons. The molecule has 0 fully saturated rings. The molecule has 2 aromatic carbocycles. The van der Waals surface area contributed by atoms with Crippen molar-refractivity contribution in [1.29, 1.82) is 0 Å². The van der Waals surface area contributed by atoms with E-state index in [0.29, 0.717) is 38.6 Å². The molecule has 0 aliphatic heterocycles. The maximum atomic E-state index is 12.4. The number of ketones is 1. The fourth-order valence-corrected chi connectivity index (χ4v) is 4.33. The Morgan fingerprint density at radius 3 is 2.14 bits per heavy atom. The van der Waals surface area contributed by atoms with Crippen molar-refractivity contribution in [1.82, 2.24) is 10.6 Å². The molecular formula is C27H32N2O6. The van der Waals surface area contributed by atoms with Crippen molar-refractivity contribution < 1.29 is 29.0 Å². The van der Waals surface area contributed by atoms with Gasteiger partial charge in [0.25, 0.3) is 0 Å². The zero-order valence-electron chi connectivity index (χ0n) is 19.9. The Bertz CT molecular complexity index is 1020. The van der Waals surface area contributed by atoms with E-state index in [1.165, 1.54) is 6.92 Å². The molecule has 1 aliphatic carbocycles. The van der Waals surface area contributed by atoms with Crippen LogP contribution in [0.2, 0.25) is 0 Å². The van der Waals surface area contributed by atoms with Gasteiger partial charge in [-0.1, -0.05) is 48.5 Å². The highest BCUT2D eigenvalue weighted by Crippen LogP contribution is 2.44. The lowest BCUT2D eigenvalue weighted by Crippen LogP contribution is -2.41. The highest BCUT2D eigenvalue weighted by Gasteiger charge is 2.29. The molecule has 2 amide bonds. The minimum atomic E-state index is -1.13. The van der Waals surface area contributed by atoms with Gasteiger partial charge in [-0.2, -0.15) is 0 Å². The summed E-state index contributed by atoms with van der Waals surface area (Å²) in [6, 6.07) is 14.9. The van der Waals surface area contributed by atoms with Crippen molar-refractivity contribution in [3.8, 4) is 11.1 Å². The van der Waals surface area contributed by atoms with Crippen LogP contribution < -0.4 is 10.6 Å². The molecule has 1 unspecified atom stereocenters. The van der Waals surface area contributed by atoms with Crippen molar-refractivity contribution in [2.24, 2.45) is 0 Å². The molecule has 0 bridgehead atoms. The summed E-state index contributed by atoms with van der Waals surface area (Å²) in [5, 5.41) is 14.7. The number of unbranched alkanes of at least 4 members (excludes halogenated alkanes) is 1. The van der Waals surface area contributed by atoms with Gasteiger partial charge in [-0.05, 0) is 54.9 Å². The van der Waals surface area contributed by atoms with E-state index in [1.54, 1.807) is 0 Å². The monoisotopic (exact) mass is 480 g/mol. The molecule has 0 heterocycles. The van der Waals surface area contributed by atoms with E-state index in [-0.39, 0.29) is 30.6 Å². The van der Waals surface area contributed by atoms with Crippen molar-refractivity contribution in [2.45, 2.75) is 57.4 Å². The fourth-order valence-electron chi connectivity index (χ4n) is 4.33. The highest BCUT2D eigenvalue weighted by atomic mass is 16.5. The standard InChI is InChI=1S/C27H32N2O6/c1-18(30)9-8-15-25(31)28-16-7-6-14-24(26(32)33)29-27(34)35-17-23-21-12-4-2-10-19(21)20-11-3-5-13-22(20)23/h2-5,10-13,23-24H,6-9,14-17H2,1H3,(H,28,31)(H,29,34)(H,32,33). The Hall–Kier alpha value is -3.68. The summed E-state index contributed by atoms with van der Waals surface area (Å²) in [5.41, 5.74) is 4.40. The lowest BCUT2D eigenvalue weighted by Gasteiger charge is -2.17. The summed E-state index contributed by atoms with van der Waals surface area (Å²) in [6.45, 7) is 2.02. The lowest BCUT2D eigenvalue weighted by atomic mass is 9.98. The summed E-state index contributed by atoms with van der Waals surface area (Å²) < 4.78 is 5.44. The number of rotatable bonds is 13. The van der Waals surface area contributed by atoms with Crippen LogP contribution in [-0.4, -0.2) is 48.1 Å². The second-order valence-electron chi connectivity index (χ2n) is 8.76. The van der Waals surface area contributed by atoms with Gasteiger partial charge in [-0.3, -0.25) is 4.79 Å². The number of carbonyl (C=O) groups excluding carboxylic acids is 3. The first-order chi connectivity index (χ1) is 16.9. The number of ether oxygens (including phenoxy) is 1. The van der Waals surface area contributed by atoms with Gasteiger partial charge < -0.3 is 25.3 Å². The lowest BCUT2D eigenvalue weighted by molar-refractivity contribution is -0.139. The Kier molecular flexibility index (Phi) is 9.40. The second kappa shape index (κ2) is 12.7. The van der Waals surface area contributed by atoms with Crippen LogP contribution in [0.5, 0.6) is 0 Å². The molecule has 186 valence electrons. The Morgan fingerprint density at radius 1 is 0.914 bits per heavy atom. The number of aliphatic carboxylic acids is 1. The molecule has 0 saturated heterocycles. The van der Waals surface area contributed by atoms with Gasteiger partial charge in [-0.15, -0.1) is 0 Å². The first kappa shape index (κ1) is 25.9. The van der Waals surface area contributed by atoms with E-state index in [0.717, 1.165) is 22.3 Å². The van der Waals surface area contributed by atoms with Crippen LogP contribution >= 0.6 is 0 Å². The SMILES string of the molecule is CC(=O)CCCC(=O)NCCCCC(NC(=O)OCC1c2ccccc2-c2ccccc21)C(=O)O. The van der Waals surface area contributed by atoms with Crippen molar-refractivity contribution in [2.75, 3.05) is 13.2 Å². The van der Waals surface area contributed by atoms with Gasteiger partial charge in [0, 0.05) is 25.3 Å². The minimum absolute atomic E-state index is 0.0569. The third-order valence-electron chi connectivity index (χ3n) is 6.11. The van der Waals surface area contributed by atoms with E-state index >= 15 is 0 Å². The quantitative estimate of drug-likeness (QED) is 0.372. The predicted octanol–water partition coefficient (Wildman–Crippen LogP) is 4.02. The highest BCUT2D eigenvalue weighted by molar-refractivity contribution is 5.81. The number of amides is 2. The van der Waals surface area contributed by atoms with Crippen LogP contribution in [-0.2, 0) is 19.1 Å². The topological polar surface area (TPSA) is 122 Å². The predicted molar refractivity (Wildman–Crippen MR) is 131 cm³/mol. The number of Topliss-reactive ketones (excluding diaryl/α,β-unsaturated/α-hetero) is 1. The van der Waals surface area contributed by atoms with Crippen LogP contribution in [0, 0.1) is 0 Å². The van der Waals surface area contributed by atoms with Crippen molar-refractivity contribution in [3.63, 3.8) is 0 Å². The third-order valence-corrected chi connectivity index (χ3v) is 6.11. The molecular weight excluding hydrogens is 448 g/mol. The van der Waals surface area contributed by atoms with Crippen LogP contribution in [0.1, 0.15) is 62.5 Å². The summed E-state index contributed by atoms with van der Waals surface area (Å²) in [7, 11) is 0. The molecule has 0 aromatic heterocycles. The molecule has 1 atom stereocenters.